The number of rotatable bonds is 7. The Balaban J connectivity index is 2.11. The second-order valence-corrected chi connectivity index (χ2v) is 7.22. The maximum atomic E-state index is 5.65. The highest BCUT2D eigenvalue weighted by Gasteiger charge is 2.20. The second kappa shape index (κ2) is 7.65. The predicted molar refractivity (Wildman–Crippen MR) is 79.7 cm³/mol. The van der Waals surface area contributed by atoms with Crippen molar-refractivity contribution in [3.8, 4) is 0 Å². The third-order valence-electron chi connectivity index (χ3n) is 4.02. The van der Waals surface area contributed by atoms with Crippen LogP contribution in [0.2, 0.25) is 0 Å². The molecule has 0 spiro atoms. The Bertz CT molecular complexity index is 198. The van der Waals surface area contributed by atoms with Crippen LogP contribution in [0.5, 0.6) is 0 Å². The third-order valence-corrected chi connectivity index (χ3v) is 5.16. The fourth-order valence-corrected chi connectivity index (χ4v) is 3.35. The molecule has 1 aliphatic heterocycles. The maximum absolute atomic E-state index is 5.65. The van der Waals surface area contributed by atoms with Gasteiger partial charge in [-0.05, 0) is 70.0 Å². The number of nitrogens with zero attached hydrogens (tertiary/aromatic N) is 1. The van der Waals surface area contributed by atoms with E-state index in [0.717, 1.165) is 18.2 Å². The van der Waals surface area contributed by atoms with Gasteiger partial charge in [0.25, 0.3) is 0 Å². The topological polar surface area (TPSA) is 29.3 Å². The van der Waals surface area contributed by atoms with Gasteiger partial charge in [0, 0.05) is 5.25 Å². The third kappa shape index (κ3) is 6.12. The summed E-state index contributed by atoms with van der Waals surface area (Å²) in [4.78, 5) is 2.64. The Morgan fingerprint density at radius 3 is 2.41 bits per heavy atom. The number of thioether (sulfide) groups is 1. The Morgan fingerprint density at radius 2 is 1.88 bits per heavy atom. The van der Waals surface area contributed by atoms with Crippen molar-refractivity contribution >= 4 is 11.8 Å². The van der Waals surface area contributed by atoms with Crippen molar-refractivity contribution in [3.63, 3.8) is 0 Å². The van der Waals surface area contributed by atoms with E-state index in [9.17, 15) is 0 Å². The molecule has 1 fully saturated rings. The summed E-state index contributed by atoms with van der Waals surface area (Å²) in [5.74, 6) is 0. The maximum Gasteiger partial charge on any atom is 0.00685 e. The van der Waals surface area contributed by atoms with Gasteiger partial charge >= 0.3 is 0 Å². The Labute approximate surface area is 112 Å². The fourth-order valence-electron chi connectivity index (χ4n) is 2.67. The number of piperidine rings is 1. The van der Waals surface area contributed by atoms with Crippen molar-refractivity contribution in [2.75, 3.05) is 32.4 Å². The van der Waals surface area contributed by atoms with Gasteiger partial charge in [-0.25, -0.2) is 0 Å². The van der Waals surface area contributed by atoms with Crippen molar-refractivity contribution < 1.29 is 0 Å². The van der Waals surface area contributed by atoms with Crippen LogP contribution in [0.25, 0.3) is 0 Å². The van der Waals surface area contributed by atoms with Gasteiger partial charge in [0.15, 0.2) is 0 Å². The molecular weight excluding hydrogens is 228 g/mol. The largest absolute Gasteiger partial charge is 0.330 e. The van der Waals surface area contributed by atoms with Crippen molar-refractivity contribution in [1.29, 1.82) is 0 Å². The van der Waals surface area contributed by atoms with E-state index in [-0.39, 0.29) is 0 Å². The van der Waals surface area contributed by atoms with E-state index in [1.54, 1.807) is 0 Å². The first kappa shape index (κ1) is 15.3. The van der Waals surface area contributed by atoms with E-state index < -0.39 is 0 Å². The zero-order chi connectivity index (χ0) is 12.7. The summed E-state index contributed by atoms with van der Waals surface area (Å²) in [5, 5.41) is 0.917. The molecule has 0 bridgehead atoms. The average molecular weight is 258 g/mol. The molecular formula is C14H30N2S. The molecule has 1 rings (SSSR count). The highest BCUT2D eigenvalue weighted by Crippen LogP contribution is 2.27. The van der Waals surface area contributed by atoms with Crippen LogP contribution in [-0.2, 0) is 0 Å². The van der Waals surface area contributed by atoms with Crippen LogP contribution in [-0.4, -0.2) is 42.6 Å². The monoisotopic (exact) mass is 258 g/mol. The van der Waals surface area contributed by atoms with Crippen molar-refractivity contribution in [1.82, 2.24) is 4.90 Å². The first-order valence-corrected chi connectivity index (χ1v) is 8.31. The molecule has 3 heteroatoms. The molecule has 1 aliphatic rings. The van der Waals surface area contributed by atoms with E-state index in [2.05, 4.69) is 25.0 Å². The van der Waals surface area contributed by atoms with Gasteiger partial charge in [0.05, 0.1) is 0 Å². The Hall–Kier alpha value is 0.270. The molecule has 1 saturated heterocycles. The second-order valence-electron chi connectivity index (χ2n) is 6.08. The highest BCUT2D eigenvalue weighted by molar-refractivity contribution is 7.99. The molecule has 0 saturated carbocycles. The molecule has 2 nitrogen and oxygen atoms in total. The number of hydrogen-bond acceptors (Lipinski definition) is 3. The zero-order valence-electron chi connectivity index (χ0n) is 11.9. The zero-order valence-corrected chi connectivity index (χ0v) is 12.7. The van der Waals surface area contributed by atoms with Gasteiger partial charge in [-0.15, -0.1) is 0 Å². The first-order chi connectivity index (χ1) is 8.07. The number of hydrogen-bond donors (Lipinski definition) is 1. The quantitative estimate of drug-likeness (QED) is 0.761. The standard InChI is InChI=1S/C14H30N2S/c1-14(2,8-9-15)7-4-10-16-11-5-13(17-3)6-12-16/h13H,4-12,15H2,1-3H3. The van der Waals surface area contributed by atoms with E-state index in [0.29, 0.717) is 5.41 Å². The molecule has 2 N–H and O–H groups in total. The normalized spacial score (nSPS) is 19.8. The molecule has 0 aromatic rings. The molecule has 0 radical (unpaired) electrons. The van der Waals surface area contributed by atoms with E-state index in [4.69, 9.17) is 5.73 Å². The lowest BCUT2D eigenvalue weighted by Crippen LogP contribution is -2.35. The number of nitrogens with two attached hydrogens (primary N) is 1. The van der Waals surface area contributed by atoms with E-state index in [1.165, 1.54) is 45.3 Å². The van der Waals surface area contributed by atoms with Crippen molar-refractivity contribution in [2.24, 2.45) is 11.1 Å². The molecule has 0 aromatic carbocycles. The lowest BCUT2D eigenvalue weighted by molar-refractivity contribution is 0.209. The van der Waals surface area contributed by atoms with Gasteiger partial charge < -0.3 is 10.6 Å². The van der Waals surface area contributed by atoms with Gasteiger partial charge in [0.2, 0.25) is 0 Å². The summed E-state index contributed by atoms with van der Waals surface area (Å²) in [6, 6.07) is 0. The van der Waals surface area contributed by atoms with Gasteiger partial charge in [-0.3, -0.25) is 0 Å². The minimum absolute atomic E-state index is 0.437. The average Bonchev–Trinajstić information content (AvgIpc) is 2.29. The van der Waals surface area contributed by atoms with E-state index >= 15 is 0 Å². The minimum atomic E-state index is 0.437. The molecule has 0 amide bonds. The molecule has 0 aromatic heterocycles. The predicted octanol–water partition coefficient (Wildman–Crippen LogP) is 2.97. The van der Waals surface area contributed by atoms with Crippen LogP contribution < -0.4 is 5.73 Å². The van der Waals surface area contributed by atoms with Crippen molar-refractivity contribution in [3.05, 3.63) is 0 Å². The van der Waals surface area contributed by atoms with Crippen LogP contribution in [0, 0.1) is 5.41 Å². The molecule has 102 valence electrons. The summed E-state index contributed by atoms with van der Waals surface area (Å²) < 4.78 is 0. The van der Waals surface area contributed by atoms with Crippen LogP contribution in [0.15, 0.2) is 0 Å². The fraction of sp³-hybridized carbons (Fsp3) is 1.00. The molecule has 0 aliphatic carbocycles. The highest BCUT2D eigenvalue weighted by atomic mass is 32.2. The molecule has 17 heavy (non-hydrogen) atoms. The summed E-state index contributed by atoms with van der Waals surface area (Å²) in [6.45, 7) is 9.42. The smallest absolute Gasteiger partial charge is 0.00685 e. The van der Waals surface area contributed by atoms with Gasteiger partial charge in [-0.1, -0.05) is 13.8 Å². The molecule has 0 unspecified atom stereocenters. The van der Waals surface area contributed by atoms with E-state index in [1.807, 2.05) is 11.8 Å². The van der Waals surface area contributed by atoms with Crippen LogP contribution in [0.1, 0.15) is 46.0 Å². The van der Waals surface area contributed by atoms with Crippen LogP contribution >= 0.6 is 11.8 Å². The molecule has 0 atom stereocenters. The number of likely N-dealkylation sites (tertiary alicyclic amines) is 1. The lowest BCUT2D eigenvalue weighted by atomic mass is 9.84. The SMILES string of the molecule is CSC1CCN(CCCC(C)(C)CCN)CC1. The first-order valence-electron chi connectivity index (χ1n) is 7.02. The summed E-state index contributed by atoms with van der Waals surface area (Å²) >= 11 is 2.04. The Morgan fingerprint density at radius 1 is 1.24 bits per heavy atom. The van der Waals surface area contributed by atoms with Gasteiger partial charge in [-0.2, -0.15) is 11.8 Å². The Kier molecular flexibility index (Phi) is 6.90. The summed E-state index contributed by atoms with van der Waals surface area (Å²) in [7, 11) is 0. The summed E-state index contributed by atoms with van der Waals surface area (Å²) in [5.41, 5.74) is 6.08. The molecule has 1 heterocycles. The van der Waals surface area contributed by atoms with Crippen molar-refractivity contribution in [2.45, 2.75) is 51.2 Å². The van der Waals surface area contributed by atoms with Crippen LogP contribution in [0.4, 0.5) is 0 Å². The van der Waals surface area contributed by atoms with Crippen LogP contribution in [0.3, 0.4) is 0 Å². The van der Waals surface area contributed by atoms with Gasteiger partial charge in [0.1, 0.15) is 0 Å². The minimum Gasteiger partial charge on any atom is -0.330 e. The summed E-state index contributed by atoms with van der Waals surface area (Å²) in [6.07, 6.45) is 8.81. The lowest BCUT2D eigenvalue weighted by Gasteiger charge is -2.32.